The molecule has 1 aromatic carbocycles. The maximum absolute atomic E-state index is 12.9. The van der Waals surface area contributed by atoms with E-state index >= 15 is 0 Å². The lowest BCUT2D eigenvalue weighted by molar-refractivity contribution is -0.134. The van der Waals surface area contributed by atoms with Gasteiger partial charge >= 0.3 is 0 Å². The fourth-order valence-corrected chi connectivity index (χ4v) is 3.21. The topological polar surface area (TPSA) is 56.2 Å². The smallest absolute Gasteiger partial charge is 0.282 e. The number of nitrogens with zero attached hydrogens (tertiary/aromatic N) is 2. The molecule has 2 heterocycles. The minimum Gasteiger partial charge on any atom is -0.376 e. The standard InChI is InChI=1S/C18H19F2N3O2/c19-17(20)14-8-15(12-6-7-12)23(22-14)9-16(24)21-18(10-25-11-18)13-4-2-1-3-5-13/h1-5,8,12,17H,6-7,9-11H2,(H,21,24). The molecular formula is C18H19F2N3O2. The summed E-state index contributed by atoms with van der Waals surface area (Å²) in [6.45, 7) is 0.742. The number of nitrogens with one attached hydrogen (secondary N) is 1. The summed E-state index contributed by atoms with van der Waals surface area (Å²) in [5.74, 6) is -0.0131. The molecule has 1 saturated carbocycles. The van der Waals surface area contributed by atoms with E-state index in [9.17, 15) is 13.6 Å². The highest BCUT2D eigenvalue weighted by Gasteiger charge is 2.42. The molecule has 1 aromatic heterocycles. The largest absolute Gasteiger partial charge is 0.376 e. The third-order valence-corrected chi connectivity index (χ3v) is 4.74. The molecule has 4 rings (SSSR count). The number of halogens is 2. The molecule has 2 aliphatic rings. The molecule has 1 aliphatic carbocycles. The van der Waals surface area contributed by atoms with Crippen molar-refractivity contribution in [2.45, 2.75) is 37.3 Å². The molecular weight excluding hydrogens is 328 g/mol. The molecule has 0 spiro atoms. The van der Waals surface area contributed by atoms with Crippen molar-refractivity contribution < 1.29 is 18.3 Å². The average Bonchev–Trinajstić information content (AvgIpc) is 3.32. The minimum atomic E-state index is -2.63. The second kappa shape index (κ2) is 6.22. The zero-order chi connectivity index (χ0) is 17.4. The summed E-state index contributed by atoms with van der Waals surface area (Å²) in [6, 6.07) is 11.1. The monoisotopic (exact) mass is 347 g/mol. The minimum absolute atomic E-state index is 0.0624. The van der Waals surface area contributed by atoms with Crippen LogP contribution in [-0.4, -0.2) is 28.9 Å². The van der Waals surface area contributed by atoms with Crippen molar-refractivity contribution in [3.05, 3.63) is 53.3 Å². The van der Waals surface area contributed by atoms with Crippen molar-refractivity contribution in [2.75, 3.05) is 13.2 Å². The molecule has 0 radical (unpaired) electrons. The van der Waals surface area contributed by atoms with E-state index in [1.165, 1.54) is 10.7 Å². The normalized spacial score (nSPS) is 18.8. The van der Waals surface area contributed by atoms with Gasteiger partial charge < -0.3 is 10.1 Å². The van der Waals surface area contributed by atoms with Gasteiger partial charge in [0.2, 0.25) is 5.91 Å². The van der Waals surface area contributed by atoms with E-state index in [1.54, 1.807) is 0 Å². The van der Waals surface area contributed by atoms with Gasteiger partial charge in [0.15, 0.2) is 0 Å². The predicted molar refractivity (Wildman–Crippen MR) is 86.2 cm³/mol. The predicted octanol–water partition coefficient (Wildman–Crippen LogP) is 2.74. The Hall–Kier alpha value is -2.28. The quantitative estimate of drug-likeness (QED) is 0.874. The summed E-state index contributed by atoms with van der Waals surface area (Å²) in [5, 5.41) is 6.94. The van der Waals surface area contributed by atoms with Gasteiger partial charge in [-0.15, -0.1) is 0 Å². The van der Waals surface area contributed by atoms with Crippen LogP contribution >= 0.6 is 0 Å². The molecule has 2 fully saturated rings. The van der Waals surface area contributed by atoms with Crippen LogP contribution in [-0.2, 0) is 21.6 Å². The van der Waals surface area contributed by atoms with Gasteiger partial charge in [0.1, 0.15) is 17.8 Å². The molecule has 1 saturated heterocycles. The Morgan fingerprint density at radius 1 is 1.32 bits per heavy atom. The molecule has 0 atom stereocenters. The Kier molecular flexibility index (Phi) is 4.03. The van der Waals surface area contributed by atoms with Crippen LogP contribution in [0.2, 0.25) is 0 Å². The number of alkyl halides is 2. The van der Waals surface area contributed by atoms with Gasteiger partial charge in [0.05, 0.1) is 13.2 Å². The van der Waals surface area contributed by atoms with Gasteiger partial charge in [-0.3, -0.25) is 9.48 Å². The number of hydrogen-bond acceptors (Lipinski definition) is 3. The number of amides is 1. The number of aromatic nitrogens is 2. The zero-order valence-corrected chi connectivity index (χ0v) is 13.6. The van der Waals surface area contributed by atoms with Crippen LogP contribution in [0, 0.1) is 0 Å². The fraction of sp³-hybridized carbons (Fsp3) is 0.444. The van der Waals surface area contributed by atoms with Crippen LogP contribution < -0.4 is 5.32 Å². The molecule has 5 nitrogen and oxygen atoms in total. The summed E-state index contributed by atoms with van der Waals surface area (Å²) < 4.78 is 32.6. The van der Waals surface area contributed by atoms with Crippen LogP contribution in [0.1, 0.15) is 42.1 Å². The highest BCUT2D eigenvalue weighted by atomic mass is 19.3. The first-order valence-electron chi connectivity index (χ1n) is 8.37. The first kappa shape index (κ1) is 16.2. The lowest BCUT2D eigenvalue weighted by atomic mass is 9.88. The van der Waals surface area contributed by atoms with E-state index in [4.69, 9.17) is 4.74 Å². The molecule has 1 amide bonds. The summed E-state index contributed by atoms with van der Waals surface area (Å²) in [4.78, 5) is 12.6. The first-order chi connectivity index (χ1) is 12.1. The third kappa shape index (κ3) is 3.16. The van der Waals surface area contributed by atoms with E-state index in [0.717, 1.165) is 24.1 Å². The molecule has 7 heteroatoms. The second-order valence-electron chi connectivity index (χ2n) is 6.72. The molecule has 2 aromatic rings. The SMILES string of the molecule is O=C(Cn1nc(C(F)F)cc1C1CC1)NC1(c2ccccc2)COC1. The Bertz CT molecular complexity index is 768. The van der Waals surface area contributed by atoms with Crippen LogP contribution in [0.5, 0.6) is 0 Å². The highest BCUT2D eigenvalue weighted by molar-refractivity contribution is 5.77. The van der Waals surface area contributed by atoms with Crippen molar-refractivity contribution in [1.82, 2.24) is 15.1 Å². The van der Waals surface area contributed by atoms with Gasteiger partial charge in [-0.1, -0.05) is 30.3 Å². The van der Waals surface area contributed by atoms with Crippen molar-refractivity contribution in [3.8, 4) is 0 Å². The van der Waals surface area contributed by atoms with E-state index in [0.29, 0.717) is 13.2 Å². The van der Waals surface area contributed by atoms with Crippen LogP contribution in [0.4, 0.5) is 8.78 Å². The van der Waals surface area contributed by atoms with E-state index in [2.05, 4.69) is 10.4 Å². The number of hydrogen-bond donors (Lipinski definition) is 1. The third-order valence-electron chi connectivity index (χ3n) is 4.74. The van der Waals surface area contributed by atoms with Gasteiger partial charge in [-0.25, -0.2) is 8.78 Å². The van der Waals surface area contributed by atoms with Crippen molar-refractivity contribution >= 4 is 5.91 Å². The first-order valence-corrected chi connectivity index (χ1v) is 8.37. The number of carbonyl (C=O) groups is 1. The van der Waals surface area contributed by atoms with E-state index in [-0.39, 0.29) is 24.1 Å². The van der Waals surface area contributed by atoms with E-state index < -0.39 is 12.0 Å². The van der Waals surface area contributed by atoms with Gasteiger partial charge in [-0.05, 0) is 24.5 Å². The lowest BCUT2D eigenvalue weighted by Gasteiger charge is -2.42. The van der Waals surface area contributed by atoms with Crippen LogP contribution in [0.3, 0.4) is 0 Å². The summed E-state index contributed by atoms with van der Waals surface area (Å²) in [6.07, 6.45) is -0.715. The van der Waals surface area contributed by atoms with Crippen molar-refractivity contribution in [3.63, 3.8) is 0 Å². The molecule has 132 valence electrons. The number of ether oxygens (including phenoxy) is 1. The summed E-state index contributed by atoms with van der Waals surface area (Å²) in [5.41, 5.74) is 0.894. The van der Waals surface area contributed by atoms with Crippen LogP contribution in [0.15, 0.2) is 36.4 Å². The second-order valence-corrected chi connectivity index (χ2v) is 6.72. The Morgan fingerprint density at radius 2 is 2.04 bits per heavy atom. The summed E-state index contributed by atoms with van der Waals surface area (Å²) in [7, 11) is 0. The Labute approximate surface area is 144 Å². The van der Waals surface area contributed by atoms with Gasteiger partial charge in [-0.2, -0.15) is 5.10 Å². The fourth-order valence-electron chi connectivity index (χ4n) is 3.21. The maximum Gasteiger partial charge on any atom is 0.282 e. The van der Waals surface area contributed by atoms with Gasteiger partial charge in [0, 0.05) is 11.6 Å². The number of benzene rings is 1. The maximum atomic E-state index is 12.9. The van der Waals surface area contributed by atoms with Crippen molar-refractivity contribution in [2.24, 2.45) is 0 Å². The highest BCUT2D eigenvalue weighted by Crippen LogP contribution is 2.41. The zero-order valence-electron chi connectivity index (χ0n) is 13.6. The van der Waals surface area contributed by atoms with Crippen LogP contribution in [0.25, 0.3) is 0 Å². The van der Waals surface area contributed by atoms with Crippen molar-refractivity contribution in [1.29, 1.82) is 0 Å². The molecule has 0 unspecified atom stereocenters. The van der Waals surface area contributed by atoms with E-state index in [1.807, 2.05) is 30.3 Å². The number of carbonyl (C=O) groups excluding carboxylic acids is 1. The molecule has 0 bridgehead atoms. The molecule has 1 aliphatic heterocycles. The Balaban J connectivity index is 1.51. The average molecular weight is 347 g/mol. The number of rotatable bonds is 6. The summed E-state index contributed by atoms with van der Waals surface area (Å²) >= 11 is 0. The molecule has 25 heavy (non-hydrogen) atoms. The lowest BCUT2D eigenvalue weighted by Crippen LogP contribution is -2.59. The Morgan fingerprint density at radius 3 is 2.60 bits per heavy atom. The van der Waals surface area contributed by atoms with Gasteiger partial charge in [0.25, 0.3) is 6.43 Å². The molecule has 1 N–H and O–H groups in total.